The van der Waals surface area contributed by atoms with Crippen molar-refractivity contribution >= 4 is 5.97 Å². The summed E-state index contributed by atoms with van der Waals surface area (Å²) in [7, 11) is 0. The van der Waals surface area contributed by atoms with Crippen LogP contribution in [0.5, 0.6) is 0 Å². The maximum atomic E-state index is 12.4. The van der Waals surface area contributed by atoms with E-state index in [1.165, 1.54) is 64.2 Å². The van der Waals surface area contributed by atoms with Gasteiger partial charge in [-0.3, -0.25) is 4.79 Å². The van der Waals surface area contributed by atoms with Crippen LogP contribution in [0.4, 0.5) is 0 Å². The van der Waals surface area contributed by atoms with Crippen molar-refractivity contribution in [1.29, 1.82) is 0 Å². The molecule has 4 fully saturated rings. The number of hydrogen-bond acceptors (Lipinski definition) is 2. The number of carbonyl (C=O) groups excluding carboxylic acids is 1. The fourth-order valence-electron chi connectivity index (χ4n) is 10.8. The highest BCUT2D eigenvalue weighted by Gasteiger charge is 2.60. The summed E-state index contributed by atoms with van der Waals surface area (Å²) >= 11 is 0. The standard InChI is InChI=1S/C35H62O2/c1-8-10-11-12-33(36)37-28-19-21-34(6)27(23-28)15-16-29-31-18-17-30(35(31,7)22-20-32(29)34)25(5)13-14-26(9-2)24(3)4/h24-32H,8-23H2,1-7H3/t25-,26-,27?,28?,29+,30-,31+,32+,34+,35-/m1/s1. The Kier molecular flexibility index (Phi) is 9.81. The zero-order valence-corrected chi connectivity index (χ0v) is 25.8. The third kappa shape index (κ3) is 5.99. The van der Waals surface area contributed by atoms with Gasteiger partial charge in [-0.1, -0.05) is 74.1 Å². The molecule has 214 valence electrons. The molecule has 0 spiro atoms. The van der Waals surface area contributed by atoms with E-state index < -0.39 is 0 Å². The van der Waals surface area contributed by atoms with Crippen LogP contribution in [0.25, 0.3) is 0 Å². The molecule has 10 atom stereocenters. The first-order valence-electron chi connectivity index (χ1n) is 16.8. The summed E-state index contributed by atoms with van der Waals surface area (Å²) in [5.41, 5.74) is 1.05. The highest BCUT2D eigenvalue weighted by Crippen LogP contribution is 2.68. The van der Waals surface area contributed by atoms with Crippen LogP contribution in [0.2, 0.25) is 0 Å². The van der Waals surface area contributed by atoms with Crippen LogP contribution in [0, 0.1) is 58.2 Å². The Hall–Kier alpha value is -0.530. The lowest BCUT2D eigenvalue weighted by molar-refractivity contribution is -0.162. The van der Waals surface area contributed by atoms with Crippen molar-refractivity contribution in [1.82, 2.24) is 0 Å². The van der Waals surface area contributed by atoms with E-state index in [9.17, 15) is 4.79 Å². The molecule has 4 saturated carbocycles. The average molecular weight is 515 g/mol. The molecule has 2 unspecified atom stereocenters. The molecule has 4 rings (SSSR count). The van der Waals surface area contributed by atoms with Crippen LogP contribution in [0.1, 0.15) is 151 Å². The number of hydrogen-bond donors (Lipinski definition) is 0. The third-order valence-electron chi connectivity index (χ3n) is 13.1. The second-order valence-electron chi connectivity index (χ2n) is 15.2. The molecule has 0 aliphatic heterocycles. The normalized spacial score (nSPS) is 41.0. The number of ether oxygens (including phenoxy) is 1. The fraction of sp³-hybridized carbons (Fsp3) is 0.971. The topological polar surface area (TPSA) is 26.3 Å². The minimum Gasteiger partial charge on any atom is -0.462 e. The van der Waals surface area contributed by atoms with Crippen molar-refractivity contribution in [3.8, 4) is 0 Å². The first-order chi connectivity index (χ1) is 17.6. The molecule has 0 aromatic heterocycles. The Morgan fingerprint density at radius 1 is 0.865 bits per heavy atom. The number of unbranched alkanes of at least 4 members (excludes halogenated alkanes) is 2. The Morgan fingerprint density at radius 2 is 1.59 bits per heavy atom. The maximum Gasteiger partial charge on any atom is 0.306 e. The highest BCUT2D eigenvalue weighted by molar-refractivity contribution is 5.69. The molecule has 4 aliphatic rings. The predicted octanol–water partition coefficient (Wildman–Crippen LogP) is 10.2. The number of fused-ring (bicyclic) bond motifs is 5. The van der Waals surface area contributed by atoms with Gasteiger partial charge in [0.05, 0.1) is 0 Å². The molecular formula is C35H62O2. The Morgan fingerprint density at radius 3 is 2.30 bits per heavy atom. The molecule has 0 bridgehead atoms. The molecule has 0 aromatic carbocycles. The highest BCUT2D eigenvalue weighted by atomic mass is 16.5. The molecule has 0 amide bonds. The van der Waals surface area contributed by atoms with Crippen LogP contribution < -0.4 is 0 Å². The summed E-state index contributed by atoms with van der Waals surface area (Å²) in [5.74, 6) is 7.20. The van der Waals surface area contributed by atoms with Gasteiger partial charge < -0.3 is 4.74 Å². The Bertz CT molecular complexity index is 744. The third-order valence-corrected chi connectivity index (χ3v) is 13.1. The molecule has 2 nitrogen and oxygen atoms in total. The zero-order chi connectivity index (χ0) is 26.8. The SMILES string of the molecule is CCCCCC(=O)OC1CC[C@@]2(C)C(CC[C@H]3[C@@H]4CC[C@H]([C@H](C)CC[C@@H](CC)C(C)C)[C@@]4(C)CC[C@@H]32)C1. The molecule has 0 saturated heterocycles. The summed E-state index contributed by atoms with van der Waals surface area (Å²) in [6, 6.07) is 0. The van der Waals surface area contributed by atoms with Crippen LogP contribution >= 0.6 is 0 Å². The van der Waals surface area contributed by atoms with Crippen LogP contribution in [-0.2, 0) is 9.53 Å². The smallest absolute Gasteiger partial charge is 0.306 e. The number of rotatable bonds is 11. The van der Waals surface area contributed by atoms with Gasteiger partial charge >= 0.3 is 5.97 Å². The minimum absolute atomic E-state index is 0.0638. The van der Waals surface area contributed by atoms with Gasteiger partial charge in [0.15, 0.2) is 0 Å². The van der Waals surface area contributed by atoms with E-state index in [1.807, 2.05) is 0 Å². The lowest BCUT2D eigenvalue weighted by atomic mass is 9.44. The maximum absolute atomic E-state index is 12.4. The minimum atomic E-state index is 0.0638. The van der Waals surface area contributed by atoms with Crippen LogP contribution in [-0.4, -0.2) is 12.1 Å². The van der Waals surface area contributed by atoms with Crippen molar-refractivity contribution in [2.45, 2.75) is 157 Å². The fourth-order valence-corrected chi connectivity index (χ4v) is 10.8. The van der Waals surface area contributed by atoms with Crippen molar-refractivity contribution in [3.05, 3.63) is 0 Å². The van der Waals surface area contributed by atoms with Gasteiger partial charge in [0, 0.05) is 6.42 Å². The van der Waals surface area contributed by atoms with Crippen molar-refractivity contribution in [3.63, 3.8) is 0 Å². The van der Waals surface area contributed by atoms with Crippen molar-refractivity contribution in [2.75, 3.05) is 0 Å². The number of carbonyl (C=O) groups is 1. The molecular weight excluding hydrogens is 452 g/mol. The molecule has 0 radical (unpaired) electrons. The largest absolute Gasteiger partial charge is 0.462 e. The van der Waals surface area contributed by atoms with Crippen LogP contribution in [0.3, 0.4) is 0 Å². The summed E-state index contributed by atoms with van der Waals surface area (Å²) in [5, 5.41) is 0. The monoisotopic (exact) mass is 514 g/mol. The van der Waals surface area contributed by atoms with E-state index in [2.05, 4.69) is 48.5 Å². The van der Waals surface area contributed by atoms with Crippen LogP contribution in [0.15, 0.2) is 0 Å². The quantitative estimate of drug-likeness (QED) is 0.202. The zero-order valence-electron chi connectivity index (χ0n) is 25.8. The van der Waals surface area contributed by atoms with E-state index in [0.29, 0.717) is 17.3 Å². The lowest BCUT2D eigenvalue weighted by Crippen LogP contribution is -2.54. The molecule has 4 aliphatic carbocycles. The first-order valence-corrected chi connectivity index (χ1v) is 16.8. The molecule has 0 N–H and O–H groups in total. The van der Waals surface area contributed by atoms with Crippen molar-refractivity contribution in [2.24, 2.45) is 58.2 Å². The predicted molar refractivity (Wildman–Crippen MR) is 156 cm³/mol. The Labute approximate surface area is 230 Å². The van der Waals surface area contributed by atoms with Gasteiger partial charge in [-0.05, 0) is 129 Å². The van der Waals surface area contributed by atoms with Gasteiger partial charge in [0.25, 0.3) is 0 Å². The Balaban J connectivity index is 1.36. The van der Waals surface area contributed by atoms with Gasteiger partial charge in [0.1, 0.15) is 6.10 Å². The second kappa shape index (κ2) is 12.3. The van der Waals surface area contributed by atoms with E-state index in [0.717, 1.165) is 79.4 Å². The first kappa shape index (κ1) is 29.5. The summed E-state index contributed by atoms with van der Waals surface area (Å²) < 4.78 is 6.02. The molecule has 0 heterocycles. The summed E-state index contributed by atoms with van der Waals surface area (Å²) in [4.78, 5) is 12.4. The van der Waals surface area contributed by atoms with Gasteiger partial charge in [-0.25, -0.2) is 0 Å². The van der Waals surface area contributed by atoms with E-state index in [1.54, 1.807) is 0 Å². The summed E-state index contributed by atoms with van der Waals surface area (Å²) in [6.07, 6.45) is 20.6. The second-order valence-corrected chi connectivity index (χ2v) is 15.2. The van der Waals surface area contributed by atoms with E-state index in [-0.39, 0.29) is 12.1 Å². The average Bonchev–Trinajstić information content (AvgIpc) is 3.22. The van der Waals surface area contributed by atoms with E-state index in [4.69, 9.17) is 4.74 Å². The number of esters is 1. The lowest BCUT2D eigenvalue weighted by Gasteiger charge is -2.61. The molecule has 0 aromatic rings. The van der Waals surface area contributed by atoms with Gasteiger partial charge in [-0.15, -0.1) is 0 Å². The molecule has 2 heteroatoms. The van der Waals surface area contributed by atoms with E-state index >= 15 is 0 Å². The van der Waals surface area contributed by atoms with Gasteiger partial charge in [0.2, 0.25) is 0 Å². The molecule has 37 heavy (non-hydrogen) atoms. The summed E-state index contributed by atoms with van der Waals surface area (Å²) in [6.45, 7) is 17.4. The van der Waals surface area contributed by atoms with Gasteiger partial charge in [-0.2, -0.15) is 0 Å². The van der Waals surface area contributed by atoms with Crippen molar-refractivity contribution < 1.29 is 9.53 Å².